The van der Waals surface area contributed by atoms with Gasteiger partial charge in [0, 0.05) is 60.9 Å². The molecule has 0 saturated heterocycles. The molecule has 2 aromatic rings. The van der Waals surface area contributed by atoms with Gasteiger partial charge in [0.15, 0.2) is 0 Å². The van der Waals surface area contributed by atoms with Gasteiger partial charge in [-0.3, -0.25) is 15.0 Å². The van der Waals surface area contributed by atoms with Crippen LogP contribution >= 0.6 is 0 Å². The molecule has 168 valence electrons. The fourth-order valence-corrected chi connectivity index (χ4v) is 3.02. The van der Waals surface area contributed by atoms with E-state index in [1.54, 1.807) is 50.4 Å². The lowest BCUT2D eigenvalue weighted by Gasteiger charge is -2.19. The van der Waals surface area contributed by atoms with Crippen LogP contribution in [0.5, 0.6) is 0 Å². The molecule has 0 atom stereocenters. The van der Waals surface area contributed by atoms with E-state index in [0.29, 0.717) is 35.6 Å². The molecule has 2 rings (SSSR count). The minimum Gasteiger partial charge on any atom is -0.398 e. The van der Waals surface area contributed by atoms with E-state index in [1.165, 1.54) is 0 Å². The smallest absolute Gasteiger partial charge is 0.325 e. The molecule has 1 heterocycles. The van der Waals surface area contributed by atoms with Crippen LogP contribution < -0.4 is 20.7 Å². The van der Waals surface area contributed by atoms with Gasteiger partial charge in [-0.15, -0.1) is 0 Å². The van der Waals surface area contributed by atoms with Crippen LogP contribution in [-0.4, -0.2) is 48.7 Å². The van der Waals surface area contributed by atoms with E-state index < -0.39 is 11.5 Å². The third-order valence-corrected chi connectivity index (χ3v) is 4.83. The highest BCUT2D eigenvalue weighted by Gasteiger charge is 2.26. The zero-order valence-corrected chi connectivity index (χ0v) is 19.2. The second-order valence-corrected chi connectivity index (χ2v) is 8.75. The zero-order valence-electron chi connectivity index (χ0n) is 19.2. The standard InChI is InChI=1S/C23H33N5O3/c1-15(2)19-8-7-9-20(28(19)31)22(29)26-18-12-16(14-25-11-10-23(3,4)30)17(24)13-21(18)27(5)6/h7-9,12-15,24,29-31H,10-11H2,1-6H3/p+1. The summed E-state index contributed by atoms with van der Waals surface area (Å²) in [6, 6.07) is 8.60. The van der Waals surface area contributed by atoms with Gasteiger partial charge in [-0.1, -0.05) is 13.8 Å². The molecule has 1 aromatic carbocycles. The molecular weight excluding hydrogens is 394 g/mol. The van der Waals surface area contributed by atoms with Crippen molar-refractivity contribution in [2.45, 2.75) is 45.6 Å². The Hall–Kier alpha value is -3.13. The molecule has 1 amide bonds. The SMILES string of the molecule is CC(C)c1cccc(C(=O)Nc2cc(C=NCCC(C)(C)O)c(N)cc2N(C)C)[n+]1O. The van der Waals surface area contributed by atoms with Crippen LogP contribution in [-0.2, 0) is 0 Å². The highest BCUT2D eigenvalue weighted by Crippen LogP contribution is 2.30. The number of amides is 1. The molecule has 31 heavy (non-hydrogen) atoms. The van der Waals surface area contributed by atoms with Gasteiger partial charge in [-0.25, -0.2) is 0 Å². The van der Waals surface area contributed by atoms with Crippen LogP contribution in [0.2, 0.25) is 0 Å². The van der Waals surface area contributed by atoms with Gasteiger partial charge in [-0.2, -0.15) is 0 Å². The molecule has 0 saturated carbocycles. The number of aliphatic hydroxyl groups is 1. The molecule has 0 fully saturated rings. The first-order valence-corrected chi connectivity index (χ1v) is 10.3. The van der Waals surface area contributed by atoms with E-state index >= 15 is 0 Å². The van der Waals surface area contributed by atoms with Crippen LogP contribution in [0.4, 0.5) is 17.1 Å². The molecule has 5 N–H and O–H groups in total. The Morgan fingerprint density at radius 2 is 2.00 bits per heavy atom. The molecule has 0 aliphatic carbocycles. The van der Waals surface area contributed by atoms with Gasteiger partial charge in [0.05, 0.1) is 17.0 Å². The minimum atomic E-state index is -0.791. The number of hydrogen-bond donors (Lipinski definition) is 4. The maximum absolute atomic E-state index is 12.9. The molecule has 0 aliphatic heterocycles. The lowest BCUT2D eigenvalue weighted by Crippen LogP contribution is -2.43. The summed E-state index contributed by atoms with van der Waals surface area (Å²) in [7, 11) is 3.71. The van der Waals surface area contributed by atoms with Crippen LogP contribution in [0.15, 0.2) is 35.3 Å². The first-order valence-electron chi connectivity index (χ1n) is 10.3. The fraction of sp³-hybridized carbons (Fsp3) is 0.435. The summed E-state index contributed by atoms with van der Waals surface area (Å²) in [5.74, 6) is -0.388. The van der Waals surface area contributed by atoms with Crippen molar-refractivity contribution in [3.05, 3.63) is 47.3 Å². The van der Waals surface area contributed by atoms with E-state index in [0.717, 1.165) is 10.4 Å². The summed E-state index contributed by atoms with van der Waals surface area (Å²) in [6.45, 7) is 7.80. The predicted octanol–water partition coefficient (Wildman–Crippen LogP) is 2.82. The van der Waals surface area contributed by atoms with E-state index in [4.69, 9.17) is 5.73 Å². The third kappa shape index (κ3) is 6.42. The molecule has 0 aliphatic rings. The molecular formula is C23H34N5O3+. The topological polar surface area (TPSA) is 115 Å². The Morgan fingerprint density at radius 1 is 1.32 bits per heavy atom. The number of rotatable bonds is 8. The summed E-state index contributed by atoms with van der Waals surface area (Å²) in [4.78, 5) is 19.1. The summed E-state index contributed by atoms with van der Waals surface area (Å²) >= 11 is 0. The Bertz CT molecular complexity index is 962. The summed E-state index contributed by atoms with van der Waals surface area (Å²) < 4.78 is 0.922. The number of pyridine rings is 1. The van der Waals surface area contributed by atoms with Crippen molar-refractivity contribution >= 4 is 29.2 Å². The quantitative estimate of drug-likeness (QED) is 0.223. The number of nitrogens with zero attached hydrogens (tertiary/aromatic N) is 3. The van der Waals surface area contributed by atoms with Crippen LogP contribution in [0.1, 0.15) is 61.8 Å². The van der Waals surface area contributed by atoms with Crippen molar-refractivity contribution in [2.75, 3.05) is 36.6 Å². The third-order valence-electron chi connectivity index (χ3n) is 4.83. The van der Waals surface area contributed by atoms with Crippen molar-refractivity contribution in [3.8, 4) is 0 Å². The predicted molar refractivity (Wildman–Crippen MR) is 124 cm³/mol. The molecule has 0 unspecified atom stereocenters. The molecule has 0 spiro atoms. The number of nitrogen functional groups attached to an aromatic ring is 1. The van der Waals surface area contributed by atoms with Gasteiger partial charge in [0.1, 0.15) is 0 Å². The molecule has 1 aromatic heterocycles. The average molecular weight is 429 g/mol. The average Bonchev–Trinajstić information content (AvgIpc) is 2.65. The van der Waals surface area contributed by atoms with Crippen molar-refractivity contribution in [1.29, 1.82) is 0 Å². The van der Waals surface area contributed by atoms with E-state index in [2.05, 4.69) is 10.3 Å². The lowest BCUT2D eigenvalue weighted by atomic mass is 10.1. The van der Waals surface area contributed by atoms with E-state index in [-0.39, 0.29) is 11.6 Å². The van der Waals surface area contributed by atoms with Crippen molar-refractivity contribution in [3.63, 3.8) is 0 Å². The van der Waals surface area contributed by atoms with Crippen LogP contribution in [0.3, 0.4) is 0 Å². The summed E-state index contributed by atoms with van der Waals surface area (Å²) in [6.07, 6.45) is 2.16. The maximum atomic E-state index is 12.9. The summed E-state index contributed by atoms with van der Waals surface area (Å²) in [5.41, 5.74) is 8.62. The molecule has 8 nitrogen and oxygen atoms in total. The normalized spacial score (nSPS) is 11.9. The number of nitrogens with one attached hydrogen (secondary N) is 1. The Morgan fingerprint density at radius 3 is 2.58 bits per heavy atom. The van der Waals surface area contributed by atoms with Gasteiger partial charge in [0.2, 0.25) is 5.69 Å². The Balaban J connectivity index is 2.35. The number of aliphatic imine (C=N–C) groups is 1. The minimum absolute atomic E-state index is 0.0540. The van der Waals surface area contributed by atoms with Crippen LogP contribution in [0, 0.1) is 0 Å². The number of hydrogen-bond acceptors (Lipinski definition) is 6. The van der Waals surface area contributed by atoms with Crippen molar-refractivity contribution in [2.24, 2.45) is 4.99 Å². The van der Waals surface area contributed by atoms with Crippen LogP contribution in [0.25, 0.3) is 0 Å². The second kappa shape index (κ2) is 9.78. The van der Waals surface area contributed by atoms with Gasteiger partial charge in [0.25, 0.3) is 0 Å². The number of carbonyl (C=O) groups is 1. The first-order chi connectivity index (χ1) is 14.4. The highest BCUT2D eigenvalue weighted by molar-refractivity contribution is 6.05. The summed E-state index contributed by atoms with van der Waals surface area (Å²) in [5, 5.41) is 23.2. The number of nitrogens with two attached hydrogens (primary N) is 1. The monoisotopic (exact) mass is 428 g/mol. The Labute approximate surface area is 184 Å². The van der Waals surface area contributed by atoms with Gasteiger partial charge >= 0.3 is 11.6 Å². The maximum Gasteiger partial charge on any atom is 0.325 e. The van der Waals surface area contributed by atoms with E-state index in [1.807, 2.05) is 32.8 Å². The highest BCUT2D eigenvalue weighted by atomic mass is 16.5. The number of benzene rings is 1. The lowest BCUT2D eigenvalue weighted by molar-refractivity contribution is -0.911. The van der Waals surface area contributed by atoms with Gasteiger partial charge < -0.3 is 21.1 Å². The number of carbonyl (C=O) groups excluding carboxylic acids is 1. The van der Waals surface area contributed by atoms with E-state index in [9.17, 15) is 15.1 Å². The first kappa shape index (κ1) is 24.1. The Kier molecular flexibility index (Phi) is 7.62. The second-order valence-electron chi connectivity index (χ2n) is 8.75. The molecule has 8 heteroatoms. The fourth-order valence-electron chi connectivity index (χ4n) is 3.02. The number of anilines is 3. The van der Waals surface area contributed by atoms with Gasteiger partial charge in [-0.05, 0) is 38.5 Å². The van der Waals surface area contributed by atoms with Crippen molar-refractivity contribution in [1.82, 2.24) is 0 Å². The largest absolute Gasteiger partial charge is 0.398 e. The molecule has 0 bridgehead atoms. The zero-order chi connectivity index (χ0) is 23.3. The van der Waals surface area contributed by atoms with Crippen molar-refractivity contribution < 1.29 is 19.8 Å². The molecule has 0 radical (unpaired) electrons. The number of aromatic nitrogens is 1.